The van der Waals surface area contributed by atoms with Gasteiger partial charge < -0.3 is 19.9 Å². The van der Waals surface area contributed by atoms with Gasteiger partial charge in [-0.2, -0.15) is 0 Å². The van der Waals surface area contributed by atoms with E-state index >= 15 is 0 Å². The van der Waals surface area contributed by atoms with Crippen molar-refractivity contribution in [3.05, 3.63) is 17.5 Å². The van der Waals surface area contributed by atoms with Gasteiger partial charge in [-0.3, -0.25) is 4.79 Å². The fraction of sp³-hybridized carbons (Fsp3) is 0.667. The van der Waals surface area contributed by atoms with Crippen molar-refractivity contribution in [2.75, 3.05) is 19.7 Å². The molecule has 100 valence electrons. The fourth-order valence-corrected chi connectivity index (χ4v) is 1.83. The van der Waals surface area contributed by atoms with E-state index in [0.717, 1.165) is 25.1 Å². The number of amides is 1. The van der Waals surface area contributed by atoms with E-state index in [1.807, 2.05) is 6.07 Å². The molecule has 0 aliphatic carbocycles. The number of hydrogen-bond acceptors (Lipinski definition) is 5. The Bertz CT molecular complexity index is 386. The van der Waals surface area contributed by atoms with Gasteiger partial charge in [0.1, 0.15) is 6.10 Å². The maximum atomic E-state index is 11.8. The first-order chi connectivity index (χ1) is 8.79. The number of nitrogens with one attached hydrogen (secondary N) is 2. The van der Waals surface area contributed by atoms with Crippen LogP contribution in [0.2, 0.25) is 0 Å². The molecule has 1 fully saturated rings. The summed E-state index contributed by atoms with van der Waals surface area (Å²) in [6.45, 7) is 4.37. The second-order valence-corrected chi connectivity index (χ2v) is 4.32. The third kappa shape index (κ3) is 3.54. The Hall–Kier alpha value is -1.40. The van der Waals surface area contributed by atoms with Crippen LogP contribution in [0.4, 0.5) is 0 Å². The average molecular weight is 253 g/mol. The van der Waals surface area contributed by atoms with Crippen LogP contribution in [0.5, 0.6) is 0 Å². The van der Waals surface area contributed by atoms with Gasteiger partial charge >= 0.3 is 0 Å². The lowest BCUT2D eigenvalue weighted by molar-refractivity contribution is -0.134. The maximum Gasteiger partial charge on any atom is 0.250 e. The number of carbonyl (C=O) groups is 1. The van der Waals surface area contributed by atoms with Crippen molar-refractivity contribution in [3.63, 3.8) is 0 Å². The summed E-state index contributed by atoms with van der Waals surface area (Å²) >= 11 is 0. The summed E-state index contributed by atoms with van der Waals surface area (Å²) in [5.41, 5.74) is 0.928. The standard InChI is InChI=1S/C12H19N3O3/c1-2-3-9-6-10(18-15-9)7-14-12(16)11-8-13-4-5-17-11/h6,11,13H,2-5,7-8H2,1H3,(H,14,16). The average Bonchev–Trinajstić information content (AvgIpc) is 2.85. The number of carbonyl (C=O) groups excluding carboxylic acids is 1. The van der Waals surface area contributed by atoms with E-state index < -0.39 is 6.10 Å². The van der Waals surface area contributed by atoms with Gasteiger partial charge in [-0.05, 0) is 6.42 Å². The van der Waals surface area contributed by atoms with Gasteiger partial charge in [0, 0.05) is 19.2 Å². The van der Waals surface area contributed by atoms with Crippen LogP contribution in [0.25, 0.3) is 0 Å². The summed E-state index contributed by atoms with van der Waals surface area (Å²) in [6.07, 6.45) is 1.52. The Balaban J connectivity index is 1.77. The summed E-state index contributed by atoms with van der Waals surface area (Å²) < 4.78 is 10.5. The van der Waals surface area contributed by atoms with Crippen molar-refractivity contribution < 1.29 is 14.1 Å². The van der Waals surface area contributed by atoms with Crippen molar-refractivity contribution in [1.29, 1.82) is 0 Å². The SMILES string of the molecule is CCCc1cc(CNC(=O)C2CNCCO2)on1. The van der Waals surface area contributed by atoms with Crippen molar-refractivity contribution >= 4 is 5.91 Å². The van der Waals surface area contributed by atoms with Gasteiger partial charge in [0.2, 0.25) is 0 Å². The van der Waals surface area contributed by atoms with E-state index in [2.05, 4.69) is 22.7 Å². The van der Waals surface area contributed by atoms with Gasteiger partial charge in [-0.1, -0.05) is 18.5 Å². The predicted molar refractivity (Wildman–Crippen MR) is 65.0 cm³/mol. The normalized spacial score (nSPS) is 19.7. The molecule has 6 heteroatoms. The molecule has 0 spiro atoms. The second kappa shape index (κ2) is 6.51. The van der Waals surface area contributed by atoms with E-state index in [1.54, 1.807) is 0 Å². The molecule has 1 amide bonds. The van der Waals surface area contributed by atoms with Crippen LogP contribution in [0.15, 0.2) is 10.6 Å². The lowest BCUT2D eigenvalue weighted by atomic mass is 10.2. The minimum absolute atomic E-state index is 0.115. The van der Waals surface area contributed by atoms with E-state index in [0.29, 0.717) is 25.5 Å². The van der Waals surface area contributed by atoms with Gasteiger partial charge in [0.15, 0.2) is 5.76 Å². The van der Waals surface area contributed by atoms with E-state index in [9.17, 15) is 4.79 Å². The molecule has 1 aliphatic heterocycles. The van der Waals surface area contributed by atoms with Crippen LogP contribution in [-0.4, -0.2) is 36.9 Å². The van der Waals surface area contributed by atoms with Crippen LogP contribution < -0.4 is 10.6 Å². The molecule has 1 aliphatic rings. The zero-order chi connectivity index (χ0) is 12.8. The third-order valence-corrected chi connectivity index (χ3v) is 2.77. The first kappa shape index (κ1) is 13.0. The zero-order valence-electron chi connectivity index (χ0n) is 10.6. The van der Waals surface area contributed by atoms with E-state index in [1.165, 1.54) is 0 Å². The molecule has 0 aromatic carbocycles. The molecule has 2 N–H and O–H groups in total. The number of morpholine rings is 1. The Kier molecular flexibility index (Phi) is 4.72. The minimum atomic E-state index is -0.406. The molecule has 1 saturated heterocycles. The van der Waals surface area contributed by atoms with E-state index in [4.69, 9.17) is 9.26 Å². The quantitative estimate of drug-likeness (QED) is 0.785. The number of hydrogen-bond donors (Lipinski definition) is 2. The molecular formula is C12H19N3O3. The molecule has 0 bridgehead atoms. The van der Waals surface area contributed by atoms with Crippen molar-refractivity contribution in [2.24, 2.45) is 0 Å². The second-order valence-electron chi connectivity index (χ2n) is 4.32. The highest BCUT2D eigenvalue weighted by Gasteiger charge is 2.21. The first-order valence-corrected chi connectivity index (χ1v) is 6.34. The Morgan fingerprint density at radius 3 is 3.28 bits per heavy atom. The fourth-order valence-electron chi connectivity index (χ4n) is 1.83. The number of aryl methyl sites for hydroxylation is 1. The molecule has 0 saturated carbocycles. The molecule has 2 rings (SSSR count). The molecule has 1 unspecified atom stereocenters. The molecule has 6 nitrogen and oxygen atoms in total. The summed E-state index contributed by atoms with van der Waals surface area (Å²) in [7, 11) is 0. The molecule has 1 atom stereocenters. The predicted octanol–water partition coefficient (Wildman–Crippen LogP) is 0.232. The zero-order valence-corrected chi connectivity index (χ0v) is 10.6. The monoisotopic (exact) mass is 253 g/mol. The number of rotatable bonds is 5. The Morgan fingerprint density at radius 2 is 2.56 bits per heavy atom. The molecule has 1 aromatic rings. The highest BCUT2D eigenvalue weighted by Crippen LogP contribution is 2.06. The minimum Gasteiger partial charge on any atom is -0.366 e. The smallest absolute Gasteiger partial charge is 0.250 e. The van der Waals surface area contributed by atoms with Crippen molar-refractivity contribution in [3.8, 4) is 0 Å². The highest BCUT2D eigenvalue weighted by atomic mass is 16.5. The first-order valence-electron chi connectivity index (χ1n) is 6.34. The summed E-state index contributed by atoms with van der Waals surface area (Å²) in [4.78, 5) is 11.8. The van der Waals surface area contributed by atoms with Crippen LogP contribution in [-0.2, 0) is 22.5 Å². The topological polar surface area (TPSA) is 76.4 Å². The number of aromatic nitrogens is 1. The van der Waals surface area contributed by atoms with Crippen LogP contribution in [0.3, 0.4) is 0 Å². The lowest BCUT2D eigenvalue weighted by Crippen LogP contribution is -2.47. The van der Waals surface area contributed by atoms with Gasteiger partial charge in [-0.15, -0.1) is 0 Å². The number of ether oxygens (including phenoxy) is 1. The van der Waals surface area contributed by atoms with Gasteiger partial charge in [0.25, 0.3) is 5.91 Å². The largest absolute Gasteiger partial charge is 0.366 e. The highest BCUT2D eigenvalue weighted by molar-refractivity contribution is 5.81. The molecule has 1 aromatic heterocycles. The maximum absolute atomic E-state index is 11.8. The van der Waals surface area contributed by atoms with Crippen LogP contribution >= 0.6 is 0 Å². The Morgan fingerprint density at radius 1 is 1.67 bits per heavy atom. The molecule has 0 radical (unpaired) electrons. The number of nitrogens with zero attached hydrogens (tertiary/aromatic N) is 1. The Labute approximate surface area is 106 Å². The van der Waals surface area contributed by atoms with Crippen molar-refractivity contribution in [1.82, 2.24) is 15.8 Å². The summed E-state index contributed by atoms with van der Waals surface area (Å²) in [5, 5.41) is 9.83. The summed E-state index contributed by atoms with van der Waals surface area (Å²) in [5.74, 6) is 0.561. The van der Waals surface area contributed by atoms with Crippen LogP contribution in [0.1, 0.15) is 24.8 Å². The third-order valence-electron chi connectivity index (χ3n) is 2.77. The van der Waals surface area contributed by atoms with Gasteiger partial charge in [-0.25, -0.2) is 0 Å². The molecule has 2 heterocycles. The van der Waals surface area contributed by atoms with Crippen molar-refractivity contribution in [2.45, 2.75) is 32.4 Å². The lowest BCUT2D eigenvalue weighted by Gasteiger charge is -2.22. The summed E-state index contributed by atoms with van der Waals surface area (Å²) in [6, 6.07) is 1.88. The van der Waals surface area contributed by atoms with E-state index in [-0.39, 0.29) is 5.91 Å². The van der Waals surface area contributed by atoms with Crippen LogP contribution in [0, 0.1) is 0 Å². The molecule has 18 heavy (non-hydrogen) atoms. The molecular weight excluding hydrogens is 234 g/mol. The van der Waals surface area contributed by atoms with Gasteiger partial charge in [0.05, 0.1) is 18.8 Å².